The van der Waals surface area contributed by atoms with Crippen molar-refractivity contribution in [2.45, 2.75) is 58.9 Å². The van der Waals surface area contributed by atoms with Crippen LogP contribution < -0.4 is 10.1 Å². The molecule has 4 heterocycles. The van der Waals surface area contributed by atoms with Gasteiger partial charge in [-0.05, 0) is 73.7 Å². The number of aliphatic hydroxyl groups is 1. The average Bonchev–Trinajstić information content (AvgIpc) is 3.84. The largest absolute Gasteiger partial charge is 0.460 e. The molecule has 0 amide bonds. The molecule has 0 aliphatic carbocycles. The van der Waals surface area contributed by atoms with Crippen LogP contribution in [0.3, 0.4) is 0 Å². The van der Waals surface area contributed by atoms with Crippen LogP contribution in [0.4, 0.5) is 8.78 Å². The fraction of sp³-hybridized carbons (Fsp3) is 0.361. The van der Waals surface area contributed by atoms with E-state index in [2.05, 4.69) is 10.2 Å². The van der Waals surface area contributed by atoms with Crippen molar-refractivity contribution in [3.8, 4) is 39.8 Å². The van der Waals surface area contributed by atoms with Crippen molar-refractivity contribution in [1.29, 1.82) is 0 Å². The van der Waals surface area contributed by atoms with Crippen LogP contribution in [0, 0.1) is 13.8 Å². The Bertz CT molecular complexity index is 1970. The molecule has 2 aromatic heterocycles. The van der Waals surface area contributed by atoms with Crippen LogP contribution in [-0.4, -0.2) is 64.8 Å². The van der Waals surface area contributed by atoms with Crippen LogP contribution in [0.25, 0.3) is 45.1 Å². The summed E-state index contributed by atoms with van der Waals surface area (Å²) in [4.78, 5) is 24.2. The number of hydrogen-bond acceptors (Lipinski definition) is 10. The molecule has 2 aliphatic rings. The SMILES string of the molecule is Cc1c(-c2nc3c(o2)CCN(CCO)C3)cccc1-c1cccc(-c2nc3cc(COC(=O)[C@@H]4CCCN4)c(OC(F)F)cc3o2)c1C. The highest BCUT2D eigenvalue weighted by atomic mass is 19.3. The number of carbonyl (C=O) groups excluding carboxylic acids is 1. The summed E-state index contributed by atoms with van der Waals surface area (Å²) in [7, 11) is 0. The number of β-amino-alcohol motifs (C(OH)–C–C–N with tert-alkyl or cyclic N) is 1. The van der Waals surface area contributed by atoms with Gasteiger partial charge in [0.25, 0.3) is 0 Å². The summed E-state index contributed by atoms with van der Waals surface area (Å²) < 4.78 is 49.2. The van der Waals surface area contributed by atoms with E-state index in [-0.39, 0.29) is 30.1 Å². The standard InChI is InChI=1S/C36H36F2N4O6/c1-20-23(24-7-4-9-26(21(24)2)34-41-29-18-42(14-15-43)13-11-30(29)46-34)6-3-8-25(20)33-40-28-16-22(19-45-35(44)27-10-5-12-39-27)31(48-36(37)38)17-32(28)47-33/h3-4,6-9,16-17,27,36,39,43H,5,10-15,18-19H2,1-2H3/t27-/m0/s1. The maximum absolute atomic E-state index is 13.3. The van der Waals surface area contributed by atoms with Crippen molar-refractivity contribution in [2.75, 3.05) is 26.2 Å². The molecule has 0 saturated carbocycles. The molecule has 0 spiro atoms. The van der Waals surface area contributed by atoms with Gasteiger partial charge in [-0.25, -0.2) is 9.97 Å². The molecule has 1 fully saturated rings. The maximum atomic E-state index is 13.3. The Balaban J connectivity index is 1.19. The van der Waals surface area contributed by atoms with Crippen molar-refractivity contribution >= 4 is 17.1 Å². The zero-order valence-electron chi connectivity index (χ0n) is 26.7. The van der Waals surface area contributed by atoms with Gasteiger partial charge >= 0.3 is 12.6 Å². The number of oxazole rings is 2. The molecule has 3 aromatic carbocycles. The van der Waals surface area contributed by atoms with Crippen molar-refractivity contribution in [3.63, 3.8) is 0 Å². The monoisotopic (exact) mass is 658 g/mol. The van der Waals surface area contributed by atoms with Gasteiger partial charge in [-0.1, -0.05) is 24.3 Å². The van der Waals surface area contributed by atoms with Crippen LogP contribution in [-0.2, 0) is 29.1 Å². The minimum Gasteiger partial charge on any atom is -0.460 e. The minimum absolute atomic E-state index is 0.105. The number of halogens is 2. The van der Waals surface area contributed by atoms with Crippen LogP contribution in [0.5, 0.6) is 5.75 Å². The number of benzene rings is 3. The molecule has 7 rings (SSSR count). The first-order chi connectivity index (χ1) is 23.3. The number of nitrogens with zero attached hydrogens (tertiary/aromatic N) is 3. The number of fused-ring (bicyclic) bond motifs is 2. The number of aromatic nitrogens is 2. The maximum Gasteiger partial charge on any atom is 0.387 e. The summed E-state index contributed by atoms with van der Waals surface area (Å²) in [6.07, 6.45) is 2.28. The van der Waals surface area contributed by atoms with Crippen molar-refractivity contribution < 1.29 is 37.0 Å². The summed E-state index contributed by atoms with van der Waals surface area (Å²) in [5.41, 5.74) is 7.36. The zero-order valence-corrected chi connectivity index (χ0v) is 26.7. The van der Waals surface area contributed by atoms with Gasteiger partial charge in [-0.3, -0.25) is 9.69 Å². The summed E-state index contributed by atoms with van der Waals surface area (Å²) in [6, 6.07) is 14.4. The van der Waals surface area contributed by atoms with Gasteiger partial charge in [-0.2, -0.15) is 8.78 Å². The van der Waals surface area contributed by atoms with Crippen molar-refractivity contribution in [1.82, 2.24) is 20.2 Å². The first-order valence-corrected chi connectivity index (χ1v) is 16.1. The van der Waals surface area contributed by atoms with E-state index in [4.69, 9.17) is 28.3 Å². The molecule has 2 aliphatic heterocycles. The Morgan fingerprint density at radius 1 is 1.04 bits per heavy atom. The number of rotatable bonds is 10. The quantitative estimate of drug-likeness (QED) is 0.168. The molecule has 2 N–H and O–H groups in total. The number of carbonyl (C=O) groups is 1. The van der Waals surface area contributed by atoms with Gasteiger partial charge in [0.1, 0.15) is 29.7 Å². The Hall–Kier alpha value is -4.65. The molecule has 0 unspecified atom stereocenters. The van der Waals surface area contributed by atoms with E-state index in [9.17, 15) is 18.7 Å². The summed E-state index contributed by atoms with van der Waals surface area (Å²) >= 11 is 0. The summed E-state index contributed by atoms with van der Waals surface area (Å²) in [5, 5.41) is 12.4. The lowest BCUT2D eigenvalue weighted by molar-refractivity contribution is -0.147. The van der Waals surface area contributed by atoms with Gasteiger partial charge in [0, 0.05) is 48.8 Å². The zero-order chi connectivity index (χ0) is 33.4. The molecular weight excluding hydrogens is 622 g/mol. The van der Waals surface area contributed by atoms with Gasteiger partial charge in [0.15, 0.2) is 5.58 Å². The van der Waals surface area contributed by atoms with Crippen LogP contribution >= 0.6 is 0 Å². The Morgan fingerprint density at radius 2 is 1.75 bits per heavy atom. The number of ether oxygens (including phenoxy) is 2. The third kappa shape index (κ3) is 6.30. The number of hydrogen-bond donors (Lipinski definition) is 2. The third-order valence-corrected chi connectivity index (χ3v) is 9.14. The molecule has 0 bridgehead atoms. The fourth-order valence-electron chi connectivity index (χ4n) is 6.59. The molecule has 10 nitrogen and oxygen atoms in total. The van der Waals surface area contributed by atoms with E-state index < -0.39 is 18.6 Å². The number of alkyl halides is 2. The molecule has 12 heteroatoms. The van der Waals surface area contributed by atoms with Gasteiger partial charge < -0.3 is 28.7 Å². The highest BCUT2D eigenvalue weighted by Gasteiger charge is 2.26. The van der Waals surface area contributed by atoms with Gasteiger partial charge in [0.2, 0.25) is 11.8 Å². The minimum atomic E-state index is -3.07. The second-order valence-electron chi connectivity index (χ2n) is 12.2. The second-order valence-corrected chi connectivity index (χ2v) is 12.2. The smallest absolute Gasteiger partial charge is 0.387 e. The van der Waals surface area contributed by atoms with Crippen LogP contribution in [0.2, 0.25) is 0 Å². The lowest BCUT2D eigenvalue weighted by atomic mass is 9.91. The number of esters is 1. The lowest BCUT2D eigenvalue weighted by Crippen LogP contribution is -2.32. The third-order valence-electron chi connectivity index (χ3n) is 9.14. The van der Waals surface area contributed by atoms with E-state index in [1.54, 1.807) is 6.07 Å². The Morgan fingerprint density at radius 3 is 2.42 bits per heavy atom. The highest BCUT2D eigenvalue weighted by molar-refractivity contribution is 5.84. The van der Waals surface area contributed by atoms with Gasteiger partial charge in [-0.15, -0.1) is 0 Å². The average molecular weight is 659 g/mol. The highest BCUT2D eigenvalue weighted by Crippen LogP contribution is 2.39. The van der Waals surface area contributed by atoms with E-state index in [0.717, 1.165) is 70.8 Å². The number of aliphatic hydroxyl groups excluding tert-OH is 1. The molecule has 48 heavy (non-hydrogen) atoms. The lowest BCUT2D eigenvalue weighted by Gasteiger charge is -2.23. The van der Waals surface area contributed by atoms with E-state index in [1.165, 1.54) is 6.07 Å². The molecule has 1 atom stereocenters. The first kappa shape index (κ1) is 31.9. The van der Waals surface area contributed by atoms with E-state index in [0.29, 0.717) is 36.8 Å². The predicted octanol–water partition coefficient (Wildman–Crippen LogP) is 6.18. The van der Waals surface area contributed by atoms with Gasteiger partial charge in [0.05, 0.1) is 12.3 Å². The molecule has 250 valence electrons. The number of nitrogens with one attached hydrogen (secondary N) is 1. The summed E-state index contributed by atoms with van der Waals surface area (Å²) in [6.45, 7) is 3.61. The predicted molar refractivity (Wildman–Crippen MR) is 173 cm³/mol. The molecule has 1 saturated heterocycles. The van der Waals surface area contributed by atoms with Crippen LogP contribution in [0.1, 0.15) is 41.0 Å². The first-order valence-electron chi connectivity index (χ1n) is 16.1. The summed E-state index contributed by atoms with van der Waals surface area (Å²) in [5.74, 6) is 1.20. The van der Waals surface area contributed by atoms with E-state index >= 15 is 0 Å². The van der Waals surface area contributed by atoms with Crippen molar-refractivity contribution in [2.24, 2.45) is 0 Å². The Kier molecular flexibility index (Phi) is 8.95. The topological polar surface area (TPSA) is 123 Å². The molecular formula is C36H36F2N4O6. The van der Waals surface area contributed by atoms with E-state index in [1.807, 2.05) is 50.2 Å². The second kappa shape index (κ2) is 13.5. The van der Waals surface area contributed by atoms with Crippen LogP contribution in [0.15, 0.2) is 57.4 Å². The van der Waals surface area contributed by atoms with Crippen molar-refractivity contribution in [3.05, 3.63) is 76.7 Å². The fourth-order valence-corrected chi connectivity index (χ4v) is 6.59. The molecule has 5 aromatic rings. The molecule has 0 radical (unpaired) electrons. The Labute approximate surface area is 275 Å². The normalized spacial score (nSPS) is 16.5.